The predicted molar refractivity (Wildman–Crippen MR) is 92.2 cm³/mol. The van der Waals surface area contributed by atoms with Crippen LogP contribution in [-0.2, 0) is 9.84 Å². The molecule has 1 fully saturated rings. The Morgan fingerprint density at radius 1 is 1.19 bits per heavy atom. The van der Waals surface area contributed by atoms with Gasteiger partial charge in [-0.3, -0.25) is 0 Å². The maximum absolute atomic E-state index is 12.4. The summed E-state index contributed by atoms with van der Waals surface area (Å²) in [5, 5.41) is 0.851. The Balaban J connectivity index is 2.40. The van der Waals surface area contributed by atoms with Gasteiger partial charge < -0.3 is 4.90 Å². The molecule has 0 aliphatic heterocycles. The van der Waals surface area contributed by atoms with Gasteiger partial charge in [0, 0.05) is 17.9 Å². The number of benzene rings is 1. The van der Waals surface area contributed by atoms with Crippen LogP contribution in [0.1, 0.15) is 39.0 Å². The highest BCUT2D eigenvalue weighted by Crippen LogP contribution is 2.32. The van der Waals surface area contributed by atoms with E-state index in [1.807, 2.05) is 18.2 Å². The zero-order chi connectivity index (χ0) is 15.3. The molecule has 0 heterocycles. The van der Waals surface area contributed by atoms with Gasteiger partial charge in [0.05, 0.1) is 16.3 Å². The standard InChI is InChI=1S/C16H24BrNO2S/c1-2-21(19,20)16-11-7-6-10-15(16)18(13-12-17)14-8-4-3-5-9-14/h6-7,10-11,14H,2-5,8-9,12-13H2,1H3. The maximum atomic E-state index is 12.4. The topological polar surface area (TPSA) is 37.4 Å². The molecule has 1 aromatic carbocycles. The average Bonchev–Trinajstić information content (AvgIpc) is 2.53. The summed E-state index contributed by atoms with van der Waals surface area (Å²) in [6, 6.07) is 7.93. The summed E-state index contributed by atoms with van der Waals surface area (Å²) in [5.41, 5.74) is 0.880. The van der Waals surface area contributed by atoms with Crippen molar-refractivity contribution in [1.82, 2.24) is 0 Å². The minimum Gasteiger partial charge on any atom is -0.367 e. The molecule has 5 heteroatoms. The number of halogens is 1. The van der Waals surface area contributed by atoms with Crippen LogP contribution in [0.4, 0.5) is 5.69 Å². The Hall–Kier alpha value is -0.550. The van der Waals surface area contributed by atoms with Gasteiger partial charge in [-0.25, -0.2) is 8.42 Å². The van der Waals surface area contributed by atoms with Crippen molar-refractivity contribution < 1.29 is 8.42 Å². The quantitative estimate of drug-likeness (QED) is 0.706. The van der Waals surface area contributed by atoms with Gasteiger partial charge >= 0.3 is 0 Å². The number of hydrogen-bond acceptors (Lipinski definition) is 3. The molecule has 21 heavy (non-hydrogen) atoms. The zero-order valence-corrected chi connectivity index (χ0v) is 15.0. The SMILES string of the molecule is CCS(=O)(=O)c1ccccc1N(CCBr)C1CCCCC1. The molecule has 0 atom stereocenters. The van der Waals surface area contributed by atoms with Crippen LogP contribution in [0, 0.1) is 0 Å². The molecule has 0 unspecified atom stereocenters. The van der Waals surface area contributed by atoms with E-state index in [1.54, 1.807) is 13.0 Å². The highest BCUT2D eigenvalue weighted by molar-refractivity contribution is 9.09. The summed E-state index contributed by atoms with van der Waals surface area (Å²) in [5.74, 6) is 0.150. The molecule has 1 saturated carbocycles. The monoisotopic (exact) mass is 373 g/mol. The first kappa shape index (κ1) is 16.8. The Labute approximate surface area is 136 Å². The van der Waals surface area contributed by atoms with E-state index in [2.05, 4.69) is 20.8 Å². The Morgan fingerprint density at radius 2 is 1.86 bits per heavy atom. The van der Waals surface area contributed by atoms with E-state index >= 15 is 0 Å². The fourth-order valence-electron chi connectivity index (χ4n) is 3.10. The van der Waals surface area contributed by atoms with Gasteiger partial charge in [0.1, 0.15) is 0 Å². The van der Waals surface area contributed by atoms with Crippen molar-refractivity contribution in [2.75, 3.05) is 22.5 Å². The van der Waals surface area contributed by atoms with E-state index in [9.17, 15) is 8.42 Å². The van der Waals surface area contributed by atoms with E-state index in [0.717, 1.165) is 30.4 Å². The highest BCUT2D eigenvalue weighted by Gasteiger charge is 2.26. The second-order valence-electron chi connectivity index (χ2n) is 5.55. The maximum Gasteiger partial charge on any atom is 0.180 e. The van der Waals surface area contributed by atoms with Crippen LogP contribution in [-0.4, -0.2) is 32.1 Å². The Kier molecular flexibility index (Phi) is 6.11. The molecule has 0 radical (unpaired) electrons. The lowest BCUT2D eigenvalue weighted by molar-refractivity contribution is 0.417. The summed E-state index contributed by atoms with van der Waals surface area (Å²) in [6.07, 6.45) is 6.10. The zero-order valence-electron chi connectivity index (χ0n) is 12.6. The summed E-state index contributed by atoms with van der Waals surface area (Å²) >= 11 is 3.51. The third-order valence-corrected chi connectivity index (χ3v) is 6.36. The molecule has 2 rings (SSSR count). The number of alkyl halides is 1. The fraction of sp³-hybridized carbons (Fsp3) is 0.625. The van der Waals surface area contributed by atoms with Crippen LogP contribution in [0.5, 0.6) is 0 Å². The molecule has 0 spiro atoms. The van der Waals surface area contributed by atoms with Crippen LogP contribution < -0.4 is 4.90 Å². The van der Waals surface area contributed by atoms with E-state index < -0.39 is 9.84 Å². The van der Waals surface area contributed by atoms with Crippen molar-refractivity contribution in [2.24, 2.45) is 0 Å². The molecular formula is C16H24BrNO2S. The van der Waals surface area contributed by atoms with Crippen molar-refractivity contribution in [2.45, 2.75) is 50.0 Å². The van der Waals surface area contributed by atoms with Crippen molar-refractivity contribution in [1.29, 1.82) is 0 Å². The van der Waals surface area contributed by atoms with E-state index in [1.165, 1.54) is 19.3 Å². The molecule has 1 aliphatic rings. The third kappa shape index (κ3) is 4.01. The Bertz CT molecular complexity index is 553. The lowest BCUT2D eigenvalue weighted by Gasteiger charge is -2.36. The fourth-order valence-corrected chi connectivity index (χ4v) is 4.58. The summed E-state index contributed by atoms with van der Waals surface area (Å²) in [7, 11) is -3.19. The smallest absolute Gasteiger partial charge is 0.180 e. The first-order valence-electron chi connectivity index (χ1n) is 7.74. The van der Waals surface area contributed by atoms with Gasteiger partial charge in [-0.15, -0.1) is 0 Å². The van der Waals surface area contributed by atoms with Gasteiger partial charge in [0.2, 0.25) is 0 Å². The molecule has 118 valence electrons. The molecule has 3 nitrogen and oxygen atoms in total. The van der Waals surface area contributed by atoms with Gasteiger partial charge in [-0.05, 0) is 25.0 Å². The number of rotatable bonds is 6. The number of anilines is 1. The van der Waals surface area contributed by atoms with Crippen LogP contribution in [0.2, 0.25) is 0 Å². The van der Waals surface area contributed by atoms with Gasteiger partial charge in [-0.1, -0.05) is 54.2 Å². The molecule has 1 aromatic rings. The highest BCUT2D eigenvalue weighted by atomic mass is 79.9. The normalized spacial score (nSPS) is 16.9. The number of hydrogen-bond donors (Lipinski definition) is 0. The first-order valence-corrected chi connectivity index (χ1v) is 10.5. The minimum atomic E-state index is -3.19. The van der Waals surface area contributed by atoms with E-state index in [4.69, 9.17) is 0 Å². The molecule has 0 N–H and O–H groups in total. The van der Waals surface area contributed by atoms with Crippen LogP contribution in [0.15, 0.2) is 29.2 Å². The van der Waals surface area contributed by atoms with Crippen molar-refractivity contribution >= 4 is 31.5 Å². The molecular weight excluding hydrogens is 350 g/mol. The van der Waals surface area contributed by atoms with Gasteiger partial charge in [0.15, 0.2) is 9.84 Å². The van der Waals surface area contributed by atoms with Crippen molar-refractivity contribution in [3.63, 3.8) is 0 Å². The lowest BCUT2D eigenvalue weighted by atomic mass is 9.94. The van der Waals surface area contributed by atoms with E-state index in [-0.39, 0.29) is 5.75 Å². The molecule has 1 aliphatic carbocycles. The second-order valence-corrected chi connectivity index (χ2v) is 8.59. The largest absolute Gasteiger partial charge is 0.367 e. The molecule has 0 bridgehead atoms. The van der Waals surface area contributed by atoms with Crippen LogP contribution >= 0.6 is 15.9 Å². The van der Waals surface area contributed by atoms with Crippen LogP contribution in [0.3, 0.4) is 0 Å². The number of sulfone groups is 1. The van der Waals surface area contributed by atoms with Gasteiger partial charge in [-0.2, -0.15) is 0 Å². The first-order chi connectivity index (χ1) is 10.1. The molecule has 0 aromatic heterocycles. The van der Waals surface area contributed by atoms with Gasteiger partial charge in [0.25, 0.3) is 0 Å². The average molecular weight is 374 g/mol. The summed E-state index contributed by atoms with van der Waals surface area (Å²) in [6.45, 7) is 2.56. The second kappa shape index (κ2) is 7.63. The Morgan fingerprint density at radius 3 is 2.48 bits per heavy atom. The minimum absolute atomic E-state index is 0.150. The van der Waals surface area contributed by atoms with E-state index in [0.29, 0.717) is 10.9 Å². The number of para-hydroxylation sites is 1. The summed E-state index contributed by atoms with van der Waals surface area (Å²) < 4.78 is 24.7. The third-order valence-electron chi connectivity index (χ3n) is 4.23. The van der Waals surface area contributed by atoms with Crippen LogP contribution in [0.25, 0.3) is 0 Å². The predicted octanol–water partition coefficient (Wildman–Crippen LogP) is 4.01. The van der Waals surface area contributed by atoms with Crippen molar-refractivity contribution in [3.05, 3.63) is 24.3 Å². The number of nitrogens with zero attached hydrogens (tertiary/aromatic N) is 1. The molecule has 0 amide bonds. The summed E-state index contributed by atoms with van der Waals surface area (Å²) in [4.78, 5) is 2.79. The van der Waals surface area contributed by atoms with Crippen molar-refractivity contribution in [3.8, 4) is 0 Å². The lowest BCUT2D eigenvalue weighted by Crippen LogP contribution is -2.39. The molecule has 0 saturated heterocycles.